The second-order valence-electron chi connectivity index (χ2n) is 5.45. The van der Waals surface area contributed by atoms with E-state index in [4.69, 9.17) is 9.63 Å². The van der Waals surface area contributed by atoms with E-state index < -0.39 is 12.0 Å². The monoisotopic (exact) mass is 394 g/mol. The summed E-state index contributed by atoms with van der Waals surface area (Å²) < 4.78 is 6.12. The Kier molecular flexibility index (Phi) is 4.79. The number of anilines is 1. The molecule has 0 saturated heterocycles. The number of aliphatic carboxylic acids is 1. The Bertz CT molecular complexity index is 773. The molecule has 8 nitrogen and oxygen atoms in total. The van der Waals surface area contributed by atoms with Crippen LogP contribution in [0.15, 0.2) is 27.2 Å². The van der Waals surface area contributed by atoms with Gasteiger partial charge < -0.3 is 20.3 Å². The van der Waals surface area contributed by atoms with Crippen molar-refractivity contribution in [3.63, 3.8) is 0 Å². The summed E-state index contributed by atoms with van der Waals surface area (Å²) >= 11 is 3.38. The molecule has 3 rings (SSSR count). The second kappa shape index (κ2) is 7.00. The van der Waals surface area contributed by atoms with Crippen molar-refractivity contribution < 1.29 is 19.2 Å². The molecule has 0 atom stereocenters. The minimum absolute atomic E-state index is 0.0411. The summed E-state index contributed by atoms with van der Waals surface area (Å²) in [5.74, 6) is 0.407. The van der Waals surface area contributed by atoms with Crippen molar-refractivity contribution in [2.75, 3.05) is 11.9 Å². The predicted octanol–water partition coefficient (Wildman–Crippen LogP) is 2.97. The van der Waals surface area contributed by atoms with Gasteiger partial charge in [0, 0.05) is 16.9 Å². The molecule has 0 aliphatic heterocycles. The maximum atomic E-state index is 11.9. The van der Waals surface area contributed by atoms with Gasteiger partial charge in [0.25, 0.3) is 5.89 Å². The number of halogens is 1. The summed E-state index contributed by atoms with van der Waals surface area (Å²) in [5, 5.41) is 17.7. The number of hydrogen-bond acceptors (Lipinski definition) is 5. The van der Waals surface area contributed by atoms with Gasteiger partial charge >= 0.3 is 12.0 Å². The fourth-order valence-electron chi connectivity index (χ4n) is 2.10. The van der Waals surface area contributed by atoms with Crippen molar-refractivity contribution in [1.29, 1.82) is 0 Å². The third kappa shape index (κ3) is 4.10. The molecule has 0 radical (unpaired) electrons. The normalized spacial score (nSPS) is 13.5. The number of nitrogens with zero attached hydrogens (tertiary/aromatic N) is 2. The molecular weight excluding hydrogens is 380 g/mol. The first-order valence-electron chi connectivity index (χ1n) is 7.43. The minimum Gasteiger partial charge on any atom is -0.481 e. The first-order chi connectivity index (χ1) is 11.5. The van der Waals surface area contributed by atoms with E-state index in [0.29, 0.717) is 28.9 Å². The molecule has 126 valence electrons. The van der Waals surface area contributed by atoms with E-state index in [-0.39, 0.29) is 13.0 Å². The third-order valence-corrected chi connectivity index (χ3v) is 3.96. The highest BCUT2D eigenvalue weighted by molar-refractivity contribution is 9.10. The lowest BCUT2D eigenvalue weighted by molar-refractivity contribution is -0.136. The van der Waals surface area contributed by atoms with Crippen LogP contribution in [0.4, 0.5) is 10.5 Å². The number of rotatable bonds is 6. The van der Waals surface area contributed by atoms with Crippen LogP contribution in [-0.4, -0.2) is 33.8 Å². The maximum Gasteiger partial charge on any atom is 0.319 e. The van der Waals surface area contributed by atoms with Gasteiger partial charge in [-0.15, -0.1) is 0 Å². The number of nitrogens with one attached hydrogen (secondary N) is 2. The SMILES string of the molecule is O=C(O)CCNC(=O)Nc1ccc(Br)cc1-c1nc(C2CC2)no1. The Morgan fingerprint density at radius 2 is 2.17 bits per heavy atom. The quantitative estimate of drug-likeness (QED) is 0.692. The van der Waals surface area contributed by atoms with Crippen molar-refractivity contribution in [3.8, 4) is 11.5 Å². The van der Waals surface area contributed by atoms with Crippen LogP contribution in [-0.2, 0) is 4.79 Å². The largest absolute Gasteiger partial charge is 0.481 e. The standard InChI is InChI=1S/C15H15BrN4O4/c16-9-3-4-11(18-15(23)17-6-5-12(21)22)10(7-9)14-19-13(20-24-14)8-1-2-8/h3-4,7-8H,1-2,5-6H2,(H,21,22)(H2,17,18,23). The van der Waals surface area contributed by atoms with Crippen LogP contribution in [0.2, 0.25) is 0 Å². The number of urea groups is 1. The van der Waals surface area contributed by atoms with Crippen LogP contribution in [0.3, 0.4) is 0 Å². The molecule has 24 heavy (non-hydrogen) atoms. The fourth-order valence-corrected chi connectivity index (χ4v) is 2.46. The van der Waals surface area contributed by atoms with Crippen LogP contribution in [0.1, 0.15) is 31.0 Å². The Labute approximate surface area is 145 Å². The van der Waals surface area contributed by atoms with E-state index in [9.17, 15) is 9.59 Å². The Balaban J connectivity index is 1.75. The van der Waals surface area contributed by atoms with Gasteiger partial charge in [0.1, 0.15) is 0 Å². The number of carboxylic acids is 1. The van der Waals surface area contributed by atoms with Crippen LogP contribution in [0.5, 0.6) is 0 Å². The number of carbonyl (C=O) groups is 2. The van der Waals surface area contributed by atoms with Gasteiger partial charge in [0.05, 0.1) is 17.7 Å². The van der Waals surface area contributed by atoms with Gasteiger partial charge in [-0.3, -0.25) is 4.79 Å². The molecule has 1 aromatic heterocycles. The van der Waals surface area contributed by atoms with Crippen LogP contribution < -0.4 is 10.6 Å². The number of carbonyl (C=O) groups excluding carboxylic acids is 1. The fraction of sp³-hybridized carbons (Fsp3) is 0.333. The summed E-state index contributed by atoms with van der Waals surface area (Å²) in [4.78, 5) is 26.8. The summed E-state index contributed by atoms with van der Waals surface area (Å²) in [7, 11) is 0. The predicted molar refractivity (Wildman–Crippen MR) is 88.7 cm³/mol. The molecule has 0 spiro atoms. The molecule has 3 N–H and O–H groups in total. The van der Waals surface area contributed by atoms with Crippen molar-refractivity contribution in [2.45, 2.75) is 25.2 Å². The number of carboxylic acid groups (broad SMARTS) is 1. The van der Waals surface area contributed by atoms with Crippen molar-refractivity contribution >= 4 is 33.6 Å². The van der Waals surface area contributed by atoms with E-state index in [1.165, 1.54) is 0 Å². The minimum atomic E-state index is -0.974. The summed E-state index contributed by atoms with van der Waals surface area (Å²) in [5.41, 5.74) is 1.09. The van der Waals surface area contributed by atoms with Gasteiger partial charge in [-0.2, -0.15) is 4.98 Å². The highest BCUT2D eigenvalue weighted by Crippen LogP contribution is 2.39. The molecule has 0 bridgehead atoms. The molecule has 1 saturated carbocycles. The van der Waals surface area contributed by atoms with Crippen molar-refractivity contribution in [2.24, 2.45) is 0 Å². The molecule has 0 unspecified atom stereocenters. The molecule has 9 heteroatoms. The maximum absolute atomic E-state index is 11.9. The zero-order chi connectivity index (χ0) is 17.1. The molecule has 1 aliphatic carbocycles. The highest BCUT2D eigenvalue weighted by atomic mass is 79.9. The molecule has 1 aliphatic rings. The molecule has 2 amide bonds. The summed E-state index contributed by atoms with van der Waals surface area (Å²) in [6.07, 6.45) is 1.98. The highest BCUT2D eigenvalue weighted by Gasteiger charge is 2.29. The second-order valence-corrected chi connectivity index (χ2v) is 6.36. The van der Waals surface area contributed by atoms with Crippen molar-refractivity contribution in [1.82, 2.24) is 15.5 Å². The number of hydrogen-bond donors (Lipinski definition) is 3. The first-order valence-corrected chi connectivity index (χ1v) is 8.22. The molecule has 1 heterocycles. The first kappa shape index (κ1) is 16.4. The molecular formula is C15H15BrN4O4. The average Bonchev–Trinajstić information content (AvgIpc) is 3.26. The molecule has 1 fully saturated rings. The van der Waals surface area contributed by atoms with Gasteiger partial charge in [0.15, 0.2) is 5.82 Å². The van der Waals surface area contributed by atoms with E-state index >= 15 is 0 Å². The van der Waals surface area contributed by atoms with Crippen LogP contribution in [0, 0.1) is 0 Å². The summed E-state index contributed by atoms with van der Waals surface area (Å²) in [6, 6.07) is 4.75. The van der Waals surface area contributed by atoms with E-state index in [1.54, 1.807) is 18.2 Å². The van der Waals surface area contributed by atoms with Crippen molar-refractivity contribution in [3.05, 3.63) is 28.5 Å². The smallest absolute Gasteiger partial charge is 0.319 e. The zero-order valence-electron chi connectivity index (χ0n) is 12.6. The van der Waals surface area contributed by atoms with Gasteiger partial charge in [-0.05, 0) is 31.0 Å². The molecule has 1 aromatic carbocycles. The lowest BCUT2D eigenvalue weighted by Gasteiger charge is -2.10. The van der Waals surface area contributed by atoms with E-state index in [2.05, 4.69) is 36.7 Å². The lowest BCUT2D eigenvalue weighted by Crippen LogP contribution is -2.30. The molecule has 2 aromatic rings. The van der Waals surface area contributed by atoms with Gasteiger partial charge in [-0.25, -0.2) is 4.79 Å². The van der Waals surface area contributed by atoms with Crippen LogP contribution >= 0.6 is 15.9 Å². The van der Waals surface area contributed by atoms with Gasteiger partial charge in [-0.1, -0.05) is 21.1 Å². The number of aromatic nitrogens is 2. The average molecular weight is 395 g/mol. The Morgan fingerprint density at radius 3 is 2.88 bits per heavy atom. The van der Waals surface area contributed by atoms with E-state index in [0.717, 1.165) is 17.3 Å². The Morgan fingerprint density at radius 1 is 1.38 bits per heavy atom. The topological polar surface area (TPSA) is 117 Å². The number of amides is 2. The van der Waals surface area contributed by atoms with Gasteiger partial charge in [0.2, 0.25) is 0 Å². The zero-order valence-corrected chi connectivity index (χ0v) is 14.2. The Hall–Kier alpha value is -2.42. The number of benzene rings is 1. The third-order valence-electron chi connectivity index (χ3n) is 3.47. The van der Waals surface area contributed by atoms with Crippen LogP contribution in [0.25, 0.3) is 11.5 Å². The lowest BCUT2D eigenvalue weighted by atomic mass is 10.2. The summed E-state index contributed by atoms with van der Waals surface area (Å²) in [6.45, 7) is 0.0411. The van der Waals surface area contributed by atoms with E-state index in [1.807, 2.05) is 0 Å².